The molecule has 0 bridgehead atoms. The SMILES string of the molecule is O=C(CSc1cccc(NC(=O)/C(=C/c2ccc(F)cc2)NC(=O)c2ccccc2)c1)Nc1ccc(Br)cc1. The molecule has 0 radical (unpaired) electrons. The minimum atomic E-state index is -0.557. The molecule has 196 valence electrons. The van der Waals surface area contributed by atoms with Crippen LogP contribution in [0.3, 0.4) is 0 Å². The minimum absolute atomic E-state index is 0.0117. The van der Waals surface area contributed by atoms with Gasteiger partial charge in [-0.2, -0.15) is 0 Å². The highest BCUT2D eigenvalue weighted by molar-refractivity contribution is 9.10. The van der Waals surface area contributed by atoms with E-state index in [9.17, 15) is 18.8 Å². The Morgan fingerprint density at radius 1 is 0.795 bits per heavy atom. The second-order valence-electron chi connectivity index (χ2n) is 8.26. The lowest BCUT2D eigenvalue weighted by Crippen LogP contribution is -2.30. The van der Waals surface area contributed by atoms with E-state index in [1.807, 2.05) is 18.2 Å². The number of nitrogens with one attached hydrogen (secondary N) is 3. The van der Waals surface area contributed by atoms with Crippen LogP contribution in [0.2, 0.25) is 0 Å². The van der Waals surface area contributed by atoms with Gasteiger partial charge in [0.1, 0.15) is 11.5 Å². The summed E-state index contributed by atoms with van der Waals surface area (Å²) in [6.07, 6.45) is 1.47. The van der Waals surface area contributed by atoms with Crippen molar-refractivity contribution in [2.75, 3.05) is 16.4 Å². The summed E-state index contributed by atoms with van der Waals surface area (Å²) >= 11 is 4.68. The van der Waals surface area contributed by atoms with Crippen molar-refractivity contribution in [2.24, 2.45) is 0 Å². The van der Waals surface area contributed by atoms with E-state index >= 15 is 0 Å². The normalized spacial score (nSPS) is 11.0. The van der Waals surface area contributed by atoms with Gasteiger partial charge < -0.3 is 16.0 Å². The van der Waals surface area contributed by atoms with E-state index in [4.69, 9.17) is 0 Å². The number of hydrogen-bond donors (Lipinski definition) is 3. The predicted molar refractivity (Wildman–Crippen MR) is 157 cm³/mol. The monoisotopic (exact) mass is 603 g/mol. The third-order valence-corrected chi connectivity index (χ3v) is 6.82. The zero-order chi connectivity index (χ0) is 27.6. The molecule has 0 spiro atoms. The highest BCUT2D eigenvalue weighted by Gasteiger charge is 2.15. The number of carbonyl (C=O) groups excluding carboxylic acids is 3. The van der Waals surface area contributed by atoms with Gasteiger partial charge in [0, 0.05) is 26.3 Å². The molecule has 9 heteroatoms. The molecule has 0 unspecified atom stereocenters. The van der Waals surface area contributed by atoms with Crippen LogP contribution in [0.5, 0.6) is 0 Å². The first-order valence-electron chi connectivity index (χ1n) is 11.8. The molecule has 0 aliphatic rings. The molecular formula is C30H23BrFN3O3S. The van der Waals surface area contributed by atoms with Crippen LogP contribution < -0.4 is 16.0 Å². The Bertz CT molecular complexity index is 1490. The summed E-state index contributed by atoms with van der Waals surface area (Å²) in [4.78, 5) is 39.1. The van der Waals surface area contributed by atoms with E-state index in [1.165, 1.54) is 42.1 Å². The number of anilines is 2. The average Bonchev–Trinajstić information content (AvgIpc) is 2.94. The van der Waals surface area contributed by atoms with Gasteiger partial charge in [-0.05, 0) is 78.4 Å². The molecule has 4 aromatic rings. The maximum absolute atomic E-state index is 13.4. The molecule has 0 saturated heterocycles. The molecule has 0 fully saturated rings. The Morgan fingerprint density at radius 2 is 1.51 bits per heavy atom. The number of halogens is 2. The lowest BCUT2D eigenvalue weighted by Gasteiger charge is -2.12. The average molecular weight is 605 g/mol. The van der Waals surface area contributed by atoms with Crippen molar-refractivity contribution in [2.45, 2.75) is 4.90 Å². The molecule has 3 amide bonds. The Kier molecular flexibility index (Phi) is 9.66. The summed E-state index contributed by atoms with van der Waals surface area (Å²) in [5, 5.41) is 8.28. The first-order chi connectivity index (χ1) is 18.9. The van der Waals surface area contributed by atoms with Gasteiger partial charge in [-0.25, -0.2) is 4.39 Å². The van der Waals surface area contributed by atoms with Gasteiger partial charge in [0.2, 0.25) is 5.91 Å². The first kappa shape index (κ1) is 27.8. The van der Waals surface area contributed by atoms with Crippen LogP contribution in [0.15, 0.2) is 118 Å². The van der Waals surface area contributed by atoms with Crippen LogP contribution >= 0.6 is 27.7 Å². The quantitative estimate of drug-likeness (QED) is 0.146. The van der Waals surface area contributed by atoms with E-state index in [1.54, 1.807) is 60.7 Å². The number of thioether (sulfide) groups is 1. The van der Waals surface area contributed by atoms with E-state index in [2.05, 4.69) is 31.9 Å². The summed E-state index contributed by atoms with van der Waals surface area (Å²) in [5.74, 6) is -1.41. The van der Waals surface area contributed by atoms with Gasteiger partial charge in [0.25, 0.3) is 11.8 Å². The highest BCUT2D eigenvalue weighted by Crippen LogP contribution is 2.23. The van der Waals surface area contributed by atoms with E-state index in [0.29, 0.717) is 22.5 Å². The van der Waals surface area contributed by atoms with Gasteiger partial charge in [-0.15, -0.1) is 11.8 Å². The summed E-state index contributed by atoms with van der Waals surface area (Å²) in [5.41, 5.74) is 2.09. The fourth-order valence-electron chi connectivity index (χ4n) is 3.41. The molecule has 0 atom stereocenters. The van der Waals surface area contributed by atoms with Crippen molar-refractivity contribution in [1.29, 1.82) is 0 Å². The van der Waals surface area contributed by atoms with E-state index < -0.39 is 17.6 Å². The van der Waals surface area contributed by atoms with Gasteiger partial charge in [-0.1, -0.05) is 52.3 Å². The van der Waals surface area contributed by atoms with Crippen LogP contribution in [0.1, 0.15) is 15.9 Å². The zero-order valence-electron chi connectivity index (χ0n) is 20.5. The first-order valence-corrected chi connectivity index (χ1v) is 13.6. The van der Waals surface area contributed by atoms with Crippen LogP contribution in [0, 0.1) is 5.82 Å². The second kappa shape index (κ2) is 13.5. The molecule has 4 aromatic carbocycles. The third-order valence-electron chi connectivity index (χ3n) is 5.30. The summed E-state index contributed by atoms with van der Waals surface area (Å²) in [6.45, 7) is 0. The zero-order valence-corrected chi connectivity index (χ0v) is 22.9. The van der Waals surface area contributed by atoms with Crippen molar-refractivity contribution < 1.29 is 18.8 Å². The number of rotatable bonds is 9. The Balaban J connectivity index is 1.44. The molecule has 3 N–H and O–H groups in total. The molecule has 0 heterocycles. The van der Waals surface area contributed by atoms with E-state index in [-0.39, 0.29) is 17.4 Å². The highest BCUT2D eigenvalue weighted by atomic mass is 79.9. The van der Waals surface area contributed by atoms with E-state index in [0.717, 1.165) is 9.37 Å². The predicted octanol–water partition coefficient (Wildman–Crippen LogP) is 6.73. The topological polar surface area (TPSA) is 87.3 Å². The van der Waals surface area contributed by atoms with Crippen molar-refractivity contribution >= 4 is 62.9 Å². The van der Waals surface area contributed by atoms with Gasteiger partial charge in [-0.3, -0.25) is 14.4 Å². The maximum atomic E-state index is 13.4. The number of benzene rings is 4. The van der Waals surface area contributed by atoms with Crippen LogP contribution in [0.4, 0.5) is 15.8 Å². The molecule has 6 nitrogen and oxygen atoms in total. The molecule has 39 heavy (non-hydrogen) atoms. The molecule has 4 rings (SSSR count). The second-order valence-corrected chi connectivity index (χ2v) is 10.2. The maximum Gasteiger partial charge on any atom is 0.272 e. The fraction of sp³-hybridized carbons (Fsp3) is 0.0333. The number of hydrogen-bond acceptors (Lipinski definition) is 4. The standard InChI is InChI=1S/C30H23BrFN3O3S/c31-22-11-15-24(16-12-22)33-28(36)19-39-26-8-4-7-25(18-26)34-30(38)27(17-20-9-13-23(32)14-10-20)35-29(37)21-5-2-1-3-6-21/h1-18H,19H2,(H,33,36)(H,34,38)(H,35,37)/b27-17-. The minimum Gasteiger partial charge on any atom is -0.325 e. The molecule has 0 aliphatic heterocycles. The van der Waals surface area contributed by atoms with Crippen molar-refractivity contribution in [3.8, 4) is 0 Å². The molecular weight excluding hydrogens is 581 g/mol. The summed E-state index contributed by atoms with van der Waals surface area (Å²) in [6, 6.07) is 28.4. The summed E-state index contributed by atoms with van der Waals surface area (Å²) in [7, 11) is 0. The van der Waals surface area contributed by atoms with Crippen molar-refractivity contribution in [3.63, 3.8) is 0 Å². The van der Waals surface area contributed by atoms with Crippen LogP contribution in [-0.2, 0) is 9.59 Å². The van der Waals surface area contributed by atoms with Gasteiger partial charge in [0.05, 0.1) is 5.75 Å². The van der Waals surface area contributed by atoms with Crippen LogP contribution in [0.25, 0.3) is 6.08 Å². The largest absolute Gasteiger partial charge is 0.325 e. The molecule has 0 aromatic heterocycles. The lowest BCUT2D eigenvalue weighted by molar-refractivity contribution is -0.114. The Hall–Kier alpha value is -4.21. The third kappa shape index (κ3) is 8.66. The van der Waals surface area contributed by atoms with Crippen molar-refractivity contribution in [1.82, 2.24) is 5.32 Å². The van der Waals surface area contributed by atoms with Gasteiger partial charge >= 0.3 is 0 Å². The smallest absolute Gasteiger partial charge is 0.272 e. The van der Waals surface area contributed by atoms with Crippen molar-refractivity contribution in [3.05, 3.63) is 130 Å². The fourth-order valence-corrected chi connectivity index (χ4v) is 4.43. The van der Waals surface area contributed by atoms with Gasteiger partial charge in [0.15, 0.2) is 0 Å². The number of carbonyl (C=O) groups is 3. The summed E-state index contributed by atoms with van der Waals surface area (Å²) < 4.78 is 14.3. The Labute approximate surface area is 237 Å². The lowest BCUT2D eigenvalue weighted by atomic mass is 10.1. The Morgan fingerprint density at radius 3 is 2.23 bits per heavy atom. The molecule has 0 saturated carbocycles. The number of amides is 3. The molecule has 0 aliphatic carbocycles. The van der Waals surface area contributed by atoms with Crippen LogP contribution in [-0.4, -0.2) is 23.5 Å².